The van der Waals surface area contributed by atoms with Gasteiger partial charge in [-0.2, -0.15) is 11.3 Å². The minimum absolute atomic E-state index is 0.141. The van der Waals surface area contributed by atoms with Crippen molar-refractivity contribution in [1.29, 1.82) is 0 Å². The Balaban J connectivity index is 1.97. The number of hydrogen-bond donors (Lipinski definition) is 1. The second-order valence-electron chi connectivity index (χ2n) is 3.84. The van der Waals surface area contributed by atoms with Crippen LogP contribution in [0.2, 0.25) is 0 Å². The van der Waals surface area contributed by atoms with E-state index in [1.54, 1.807) is 0 Å². The standard InChI is InChI=1S/C12H12FNO2S2/c13-12-3-1-10(2-4-12)9-18(15,16)14-7-11-5-6-17-8-11/h1-6,8,14H,7,9H2. The van der Waals surface area contributed by atoms with Crippen LogP contribution in [0.15, 0.2) is 41.1 Å². The molecule has 0 amide bonds. The zero-order valence-corrected chi connectivity index (χ0v) is 11.1. The molecule has 0 atom stereocenters. The highest BCUT2D eigenvalue weighted by molar-refractivity contribution is 7.88. The van der Waals surface area contributed by atoms with Gasteiger partial charge in [0.05, 0.1) is 5.75 Å². The van der Waals surface area contributed by atoms with Gasteiger partial charge in [-0.3, -0.25) is 0 Å². The zero-order chi connectivity index (χ0) is 13.0. The van der Waals surface area contributed by atoms with Crippen LogP contribution in [-0.4, -0.2) is 8.42 Å². The summed E-state index contributed by atoms with van der Waals surface area (Å²) in [5.74, 6) is -0.514. The summed E-state index contributed by atoms with van der Waals surface area (Å²) < 4.78 is 38.8. The fraction of sp³-hybridized carbons (Fsp3) is 0.167. The minimum atomic E-state index is -3.39. The lowest BCUT2D eigenvalue weighted by molar-refractivity contribution is 0.580. The first-order chi connectivity index (χ1) is 8.55. The molecule has 1 aromatic heterocycles. The Morgan fingerprint density at radius 3 is 2.44 bits per heavy atom. The molecule has 96 valence electrons. The Bertz CT molecular complexity index is 592. The molecule has 0 saturated carbocycles. The Morgan fingerprint density at radius 2 is 1.83 bits per heavy atom. The van der Waals surface area contributed by atoms with E-state index in [-0.39, 0.29) is 18.1 Å². The van der Waals surface area contributed by atoms with Gasteiger partial charge in [0.25, 0.3) is 0 Å². The van der Waals surface area contributed by atoms with Crippen molar-refractivity contribution in [2.75, 3.05) is 0 Å². The van der Waals surface area contributed by atoms with Crippen molar-refractivity contribution >= 4 is 21.4 Å². The highest BCUT2D eigenvalue weighted by Crippen LogP contribution is 2.09. The first kappa shape index (κ1) is 13.2. The lowest BCUT2D eigenvalue weighted by Crippen LogP contribution is -2.24. The van der Waals surface area contributed by atoms with Gasteiger partial charge in [-0.15, -0.1) is 0 Å². The number of benzene rings is 1. The molecule has 0 spiro atoms. The smallest absolute Gasteiger partial charge is 0.212 e. The molecule has 2 rings (SSSR count). The van der Waals surface area contributed by atoms with Crippen LogP contribution in [0.1, 0.15) is 11.1 Å². The highest BCUT2D eigenvalue weighted by Gasteiger charge is 2.11. The first-order valence-corrected chi connectivity index (χ1v) is 7.87. The predicted octanol–water partition coefficient (Wildman–Crippen LogP) is 2.51. The Labute approximate surface area is 109 Å². The van der Waals surface area contributed by atoms with Gasteiger partial charge in [0, 0.05) is 6.54 Å². The van der Waals surface area contributed by atoms with E-state index in [2.05, 4.69) is 4.72 Å². The third-order valence-corrected chi connectivity index (χ3v) is 4.38. The van der Waals surface area contributed by atoms with Crippen LogP contribution in [0.4, 0.5) is 4.39 Å². The summed E-state index contributed by atoms with van der Waals surface area (Å²) in [4.78, 5) is 0. The fourth-order valence-corrected chi connectivity index (χ4v) is 3.23. The molecule has 0 fully saturated rings. The van der Waals surface area contributed by atoms with Gasteiger partial charge >= 0.3 is 0 Å². The molecule has 0 aliphatic rings. The van der Waals surface area contributed by atoms with Crippen molar-refractivity contribution in [3.8, 4) is 0 Å². The van der Waals surface area contributed by atoms with E-state index in [1.807, 2.05) is 16.8 Å². The van der Waals surface area contributed by atoms with Crippen molar-refractivity contribution in [2.45, 2.75) is 12.3 Å². The number of hydrogen-bond acceptors (Lipinski definition) is 3. The lowest BCUT2D eigenvalue weighted by Gasteiger charge is -2.05. The van der Waals surface area contributed by atoms with Crippen LogP contribution >= 0.6 is 11.3 Å². The van der Waals surface area contributed by atoms with E-state index in [0.717, 1.165) is 5.56 Å². The number of rotatable bonds is 5. The van der Waals surface area contributed by atoms with Gasteiger partial charge in [-0.25, -0.2) is 17.5 Å². The van der Waals surface area contributed by atoms with E-state index in [0.29, 0.717) is 5.56 Å². The summed E-state index contributed by atoms with van der Waals surface area (Å²) in [5, 5.41) is 3.78. The highest BCUT2D eigenvalue weighted by atomic mass is 32.2. The molecule has 18 heavy (non-hydrogen) atoms. The van der Waals surface area contributed by atoms with E-state index >= 15 is 0 Å². The van der Waals surface area contributed by atoms with Gasteiger partial charge < -0.3 is 0 Å². The molecule has 0 bridgehead atoms. The molecule has 6 heteroatoms. The number of sulfonamides is 1. The summed E-state index contributed by atoms with van der Waals surface area (Å²) in [7, 11) is -3.39. The molecule has 0 unspecified atom stereocenters. The third kappa shape index (κ3) is 3.90. The topological polar surface area (TPSA) is 46.2 Å². The van der Waals surface area contributed by atoms with Gasteiger partial charge in [-0.05, 0) is 40.1 Å². The lowest BCUT2D eigenvalue weighted by atomic mass is 10.2. The maximum Gasteiger partial charge on any atom is 0.216 e. The molecule has 0 aliphatic carbocycles. The zero-order valence-electron chi connectivity index (χ0n) is 9.47. The predicted molar refractivity (Wildman–Crippen MR) is 70.2 cm³/mol. The second kappa shape index (κ2) is 5.60. The maximum atomic E-state index is 12.7. The van der Waals surface area contributed by atoms with Crippen molar-refractivity contribution < 1.29 is 12.8 Å². The maximum absolute atomic E-state index is 12.7. The molecule has 0 radical (unpaired) electrons. The van der Waals surface area contributed by atoms with E-state index < -0.39 is 10.0 Å². The van der Waals surface area contributed by atoms with Crippen molar-refractivity contribution in [3.63, 3.8) is 0 Å². The van der Waals surface area contributed by atoms with E-state index in [9.17, 15) is 12.8 Å². The third-order valence-electron chi connectivity index (χ3n) is 2.35. The number of thiophene rings is 1. The van der Waals surface area contributed by atoms with Crippen molar-refractivity contribution in [3.05, 3.63) is 58.0 Å². The molecule has 0 aliphatic heterocycles. The van der Waals surface area contributed by atoms with Crippen molar-refractivity contribution in [2.24, 2.45) is 0 Å². The van der Waals surface area contributed by atoms with Crippen molar-refractivity contribution in [1.82, 2.24) is 4.72 Å². The first-order valence-electron chi connectivity index (χ1n) is 5.28. The van der Waals surface area contributed by atoms with E-state index in [4.69, 9.17) is 0 Å². The number of nitrogens with one attached hydrogen (secondary N) is 1. The monoisotopic (exact) mass is 285 g/mol. The van der Waals surface area contributed by atoms with Crippen LogP contribution in [0.5, 0.6) is 0 Å². The van der Waals surface area contributed by atoms with Crippen LogP contribution in [-0.2, 0) is 22.3 Å². The molecular formula is C12H12FNO2S2. The van der Waals surface area contributed by atoms with Crippen LogP contribution < -0.4 is 4.72 Å². The van der Waals surface area contributed by atoms with Crippen LogP contribution in [0.3, 0.4) is 0 Å². The average Bonchev–Trinajstić information content (AvgIpc) is 2.83. The van der Waals surface area contributed by atoms with Crippen LogP contribution in [0, 0.1) is 5.82 Å². The van der Waals surface area contributed by atoms with Gasteiger partial charge in [0.1, 0.15) is 5.82 Å². The molecular weight excluding hydrogens is 273 g/mol. The molecule has 0 saturated heterocycles. The largest absolute Gasteiger partial charge is 0.216 e. The minimum Gasteiger partial charge on any atom is -0.212 e. The molecule has 3 nitrogen and oxygen atoms in total. The fourth-order valence-electron chi connectivity index (χ4n) is 1.44. The summed E-state index contributed by atoms with van der Waals surface area (Å²) >= 11 is 1.52. The SMILES string of the molecule is O=S(=O)(Cc1ccc(F)cc1)NCc1ccsc1. The van der Waals surface area contributed by atoms with Gasteiger partial charge in [-0.1, -0.05) is 12.1 Å². The number of halogens is 1. The Kier molecular flexibility index (Phi) is 4.11. The molecule has 2 aromatic rings. The Morgan fingerprint density at radius 1 is 1.11 bits per heavy atom. The average molecular weight is 285 g/mol. The summed E-state index contributed by atoms with van der Waals surface area (Å²) in [6.45, 7) is 0.285. The van der Waals surface area contributed by atoms with Gasteiger partial charge in [0.2, 0.25) is 10.0 Å². The molecule has 1 N–H and O–H groups in total. The summed E-state index contributed by atoms with van der Waals surface area (Å²) in [6, 6.07) is 7.32. The summed E-state index contributed by atoms with van der Waals surface area (Å²) in [6.07, 6.45) is 0. The van der Waals surface area contributed by atoms with E-state index in [1.165, 1.54) is 35.6 Å². The second-order valence-corrected chi connectivity index (χ2v) is 6.43. The quantitative estimate of drug-likeness (QED) is 0.917. The molecule has 1 aromatic carbocycles. The Hall–Kier alpha value is -1.24. The molecule has 1 heterocycles. The normalized spacial score (nSPS) is 11.6. The van der Waals surface area contributed by atoms with Crippen LogP contribution in [0.25, 0.3) is 0 Å². The summed E-state index contributed by atoms with van der Waals surface area (Å²) in [5.41, 5.74) is 1.50. The van der Waals surface area contributed by atoms with Gasteiger partial charge in [0.15, 0.2) is 0 Å².